The molecule has 0 aromatic rings. The predicted molar refractivity (Wildman–Crippen MR) is 282 cm³/mol. The fraction of sp³-hybridized carbons (Fsp3) is 0.797. The van der Waals surface area contributed by atoms with Crippen molar-refractivity contribution in [3.05, 3.63) is 60.8 Å². The Morgan fingerprint density at radius 1 is 0.462 bits per heavy atom. The smallest absolute Gasteiger partial charge is 0.306 e. The third-order valence-electron chi connectivity index (χ3n) is 12.6. The van der Waals surface area contributed by atoms with Crippen molar-refractivity contribution in [3.63, 3.8) is 0 Å². The van der Waals surface area contributed by atoms with E-state index in [0.29, 0.717) is 19.3 Å². The average Bonchev–Trinajstić information content (AvgIpc) is 3.30. The molecule has 65 heavy (non-hydrogen) atoms. The highest BCUT2D eigenvalue weighted by molar-refractivity contribution is 5.77. The van der Waals surface area contributed by atoms with Gasteiger partial charge < -0.3 is 20.3 Å². The van der Waals surface area contributed by atoms with Crippen molar-refractivity contribution in [2.75, 3.05) is 6.61 Å². The second-order valence-electron chi connectivity index (χ2n) is 19.0. The Morgan fingerprint density at radius 2 is 0.831 bits per heavy atom. The Hall–Kier alpha value is -2.44. The van der Waals surface area contributed by atoms with Crippen LogP contribution in [0.15, 0.2) is 60.8 Å². The first-order valence-corrected chi connectivity index (χ1v) is 28.0. The van der Waals surface area contributed by atoms with Crippen molar-refractivity contribution in [2.45, 2.75) is 296 Å². The van der Waals surface area contributed by atoms with E-state index in [-0.39, 0.29) is 24.9 Å². The first kappa shape index (κ1) is 62.6. The fourth-order valence-electron chi connectivity index (χ4n) is 8.36. The molecule has 0 aromatic carbocycles. The van der Waals surface area contributed by atoms with Crippen LogP contribution in [0.1, 0.15) is 278 Å². The van der Waals surface area contributed by atoms with Crippen molar-refractivity contribution in [1.29, 1.82) is 0 Å². The van der Waals surface area contributed by atoms with Gasteiger partial charge in [0, 0.05) is 6.42 Å². The molecule has 3 N–H and O–H groups in total. The van der Waals surface area contributed by atoms with Crippen LogP contribution in [0.25, 0.3) is 0 Å². The standard InChI is InChI=1S/C59H107NO5/c1-4-7-10-13-16-19-22-25-28-31-34-37-40-43-46-49-52-59(64)65-55(50-47-44-41-38-35-32-29-26-23-20-17-14-11-8-5-2)53-58(63)60-56(54-61)57(62)51-48-45-42-39-36-33-30-27-24-21-18-15-12-9-6-3/h7,10,16-17,19-20,25-26,28-29,55-57,61-62H,4-6,8-9,11-15,18,21-24,27,30-54H2,1-3H3,(H,60,63)/b10-7+,19-16+,20-17-,28-25+,29-26-. The van der Waals surface area contributed by atoms with Gasteiger partial charge in [0.2, 0.25) is 5.91 Å². The molecule has 0 aliphatic carbocycles. The summed E-state index contributed by atoms with van der Waals surface area (Å²) in [6.45, 7) is 6.36. The number of aliphatic hydroxyl groups excluding tert-OH is 2. The second-order valence-corrected chi connectivity index (χ2v) is 19.0. The van der Waals surface area contributed by atoms with Gasteiger partial charge in [-0.05, 0) is 89.9 Å². The van der Waals surface area contributed by atoms with Crippen molar-refractivity contribution >= 4 is 11.9 Å². The van der Waals surface area contributed by atoms with Gasteiger partial charge in [0.15, 0.2) is 0 Å². The number of hydrogen-bond donors (Lipinski definition) is 3. The molecule has 0 saturated carbocycles. The third kappa shape index (κ3) is 47.8. The Morgan fingerprint density at radius 3 is 1.29 bits per heavy atom. The molecular weight excluding hydrogens is 803 g/mol. The maximum atomic E-state index is 13.3. The summed E-state index contributed by atoms with van der Waals surface area (Å²) in [6.07, 6.45) is 65.6. The number of allylic oxidation sites excluding steroid dienone is 10. The van der Waals surface area contributed by atoms with Crippen LogP contribution in [-0.4, -0.2) is 46.9 Å². The van der Waals surface area contributed by atoms with Gasteiger partial charge in [0.05, 0.1) is 25.2 Å². The van der Waals surface area contributed by atoms with Crippen LogP contribution in [0.4, 0.5) is 0 Å². The molecule has 3 unspecified atom stereocenters. The number of esters is 1. The number of ether oxygens (including phenoxy) is 1. The minimum absolute atomic E-state index is 0.0623. The topological polar surface area (TPSA) is 95.9 Å². The summed E-state index contributed by atoms with van der Waals surface area (Å²) in [4.78, 5) is 26.2. The number of carbonyl (C=O) groups excluding carboxylic acids is 2. The molecule has 378 valence electrons. The molecule has 6 heteroatoms. The number of hydrogen-bond acceptors (Lipinski definition) is 5. The molecule has 0 radical (unpaired) electrons. The van der Waals surface area contributed by atoms with Crippen LogP contribution in [0, 0.1) is 0 Å². The van der Waals surface area contributed by atoms with Gasteiger partial charge >= 0.3 is 5.97 Å². The number of nitrogens with one attached hydrogen (secondary N) is 1. The van der Waals surface area contributed by atoms with E-state index < -0.39 is 18.2 Å². The molecule has 0 aromatic heterocycles. The predicted octanol–water partition coefficient (Wildman–Crippen LogP) is 17.2. The van der Waals surface area contributed by atoms with E-state index in [0.717, 1.165) is 96.3 Å². The minimum Gasteiger partial charge on any atom is -0.462 e. The van der Waals surface area contributed by atoms with Gasteiger partial charge in [-0.15, -0.1) is 0 Å². The Kier molecular flexibility index (Phi) is 50.6. The van der Waals surface area contributed by atoms with Crippen molar-refractivity contribution in [3.8, 4) is 0 Å². The highest BCUT2D eigenvalue weighted by Gasteiger charge is 2.24. The van der Waals surface area contributed by atoms with Gasteiger partial charge in [-0.25, -0.2) is 0 Å². The van der Waals surface area contributed by atoms with Crippen LogP contribution in [0.5, 0.6) is 0 Å². The van der Waals surface area contributed by atoms with E-state index in [9.17, 15) is 19.8 Å². The second kappa shape index (κ2) is 52.5. The van der Waals surface area contributed by atoms with Crippen LogP contribution in [-0.2, 0) is 14.3 Å². The maximum Gasteiger partial charge on any atom is 0.306 e. The zero-order valence-electron chi connectivity index (χ0n) is 43.1. The number of rotatable bonds is 50. The van der Waals surface area contributed by atoms with Crippen molar-refractivity contribution in [2.24, 2.45) is 0 Å². The summed E-state index contributed by atoms with van der Waals surface area (Å²) in [5, 5.41) is 23.9. The number of aliphatic hydroxyl groups is 2. The van der Waals surface area contributed by atoms with E-state index in [1.165, 1.54) is 135 Å². The number of carbonyl (C=O) groups is 2. The maximum absolute atomic E-state index is 13.3. The third-order valence-corrected chi connectivity index (χ3v) is 12.6. The molecule has 0 rings (SSSR count). The average molecular weight is 911 g/mol. The molecular formula is C59H107NO5. The van der Waals surface area contributed by atoms with Crippen LogP contribution in [0.3, 0.4) is 0 Å². The number of amides is 1. The lowest BCUT2D eigenvalue weighted by Gasteiger charge is -2.24. The molecule has 0 fully saturated rings. The monoisotopic (exact) mass is 910 g/mol. The summed E-state index contributed by atoms with van der Waals surface area (Å²) >= 11 is 0. The van der Waals surface area contributed by atoms with E-state index in [1.807, 2.05) is 0 Å². The van der Waals surface area contributed by atoms with Gasteiger partial charge in [0.1, 0.15) is 6.10 Å². The number of unbranched alkanes of at least 4 members (excludes halogenated alkanes) is 28. The zero-order valence-corrected chi connectivity index (χ0v) is 43.1. The quantitative estimate of drug-likeness (QED) is 0.0321. The molecule has 0 spiro atoms. The highest BCUT2D eigenvalue weighted by atomic mass is 16.5. The van der Waals surface area contributed by atoms with Crippen molar-refractivity contribution < 1.29 is 24.5 Å². The normalized spacial score (nSPS) is 13.6. The minimum atomic E-state index is -0.796. The lowest BCUT2D eigenvalue weighted by Crippen LogP contribution is -2.46. The zero-order chi connectivity index (χ0) is 47.4. The first-order valence-electron chi connectivity index (χ1n) is 28.0. The Labute approximate surface area is 403 Å². The van der Waals surface area contributed by atoms with Gasteiger partial charge in [-0.3, -0.25) is 9.59 Å². The molecule has 0 aliphatic rings. The van der Waals surface area contributed by atoms with Crippen LogP contribution in [0.2, 0.25) is 0 Å². The van der Waals surface area contributed by atoms with Gasteiger partial charge in [-0.2, -0.15) is 0 Å². The molecule has 6 nitrogen and oxygen atoms in total. The van der Waals surface area contributed by atoms with E-state index in [4.69, 9.17) is 4.74 Å². The van der Waals surface area contributed by atoms with Gasteiger partial charge in [-0.1, -0.05) is 236 Å². The lowest BCUT2D eigenvalue weighted by atomic mass is 10.0. The molecule has 0 heterocycles. The lowest BCUT2D eigenvalue weighted by molar-refractivity contribution is -0.151. The molecule has 3 atom stereocenters. The molecule has 1 amide bonds. The summed E-state index contributed by atoms with van der Waals surface area (Å²) in [5.41, 5.74) is 0. The van der Waals surface area contributed by atoms with E-state index in [2.05, 4.69) is 86.8 Å². The molecule has 0 saturated heterocycles. The summed E-state index contributed by atoms with van der Waals surface area (Å²) < 4.78 is 5.95. The van der Waals surface area contributed by atoms with Crippen LogP contribution >= 0.6 is 0 Å². The summed E-state index contributed by atoms with van der Waals surface area (Å²) in [7, 11) is 0. The Bertz CT molecular complexity index is 1160. The highest BCUT2D eigenvalue weighted by Crippen LogP contribution is 2.18. The van der Waals surface area contributed by atoms with Crippen molar-refractivity contribution in [1.82, 2.24) is 5.32 Å². The van der Waals surface area contributed by atoms with E-state index >= 15 is 0 Å². The summed E-state index contributed by atoms with van der Waals surface area (Å²) in [6, 6.07) is -0.711. The Balaban J connectivity index is 4.60. The molecule has 0 bridgehead atoms. The molecule has 0 aliphatic heterocycles. The van der Waals surface area contributed by atoms with Gasteiger partial charge in [0.25, 0.3) is 0 Å². The summed E-state index contributed by atoms with van der Waals surface area (Å²) in [5.74, 6) is -0.496. The van der Waals surface area contributed by atoms with E-state index in [1.54, 1.807) is 0 Å². The van der Waals surface area contributed by atoms with Crippen LogP contribution < -0.4 is 5.32 Å². The fourth-order valence-corrected chi connectivity index (χ4v) is 8.36. The SMILES string of the molecule is CC/C=C/C/C=C/C/C=C/CCCCCCCCC(=O)OC(CCCCCCC/C=C\C/C=C\CCCCC)CC(=O)NC(CO)C(O)CCCCCCCCCCCCCCCCC. The first-order chi connectivity index (χ1) is 32.0. The largest absolute Gasteiger partial charge is 0.462 e.